The van der Waals surface area contributed by atoms with Crippen LogP contribution in [0.4, 0.5) is 11.4 Å². The molecule has 0 radical (unpaired) electrons. The molecule has 1 aliphatic rings. The molecular formula is C37H18N6O2. The molecule has 45 heavy (non-hydrogen) atoms. The average molecular weight is 579 g/mol. The van der Waals surface area contributed by atoms with Crippen LogP contribution in [0.15, 0.2) is 91.0 Å². The lowest BCUT2D eigenvalue weighted by molar-refractivity contribution is 0.0693. The zero-order chi connectivity index (χ0) is 31.4. The molecule has 1 aromatic heterocycles. The summed E-state index contributed by atoms with van der Waals surface area (Å²) in [5.41, 5.74) is 6.45. The number of carbonyl (C=O) groups excluding carboxylic acids is 2. The summed E-state index contributed by atoms with van der Waals surface area (Å²) in [6.45, 7) is 15.3. The van der Waals surface area contributed by atoms with E-state index in [9.17, 15) is 20.1 Å². The first-order valence-corrected chi connectivity index (χ1v) is 13.8. The number of fused-ring (bicyclic) bond motifs is 4. The number of hydrogen-bond acceptors (Lipinski definition) is 4. The first-order chi connectivity index (χ1) is 21.9. The molecule has 2 amide bonds. The molecule has 0 fully saturated rings. The molecule has 208 valence electrons. The van der Waals surface area contributed by atoms with Crippen LogP contribution in [-0.2, 0) is 0 Å². The number of nitriles is 2. The molecule has 0 N–H and O–H groups in total. The molecule has 7 rings (SSSR count). The van der Waals surface area contributed by atoms with Gasteiger partial charge in [-0.1, -0.05) is 42.5 Å². The highest BCUT2D eigenvalue weighted by Crippen LogP contribution is 2.44. The number of para-hydroxylation sites is 2. The van der Waals surface area contributed by atoms with Crippen molar-refractivity contribution in [3.05, 3.63) is 136 Å². The van der Waals surface area contributed by atoms with Crippen LogP contribution in [0.25, 0.3) is 59.4 Å². The topological polar surface area (TPSA) is 98.6 Å². The highest BCUT2D eigenvalue weighted by atomic mass is 16.2. The highest BCUT2D eigenvalue weighted by Gasteiger charge is 2.36. The van der Waals surface area contributed by atoms with Gasteiger partial charge in [0.05, 0.1) is 53.1 Å². The van der Waals surface area contributed by atoms with Gasteiger partial charge in [0, 0.05) is 40.1 Å². The maximum atomic E-state index is 13.6. The van der Waals surface area contributed by atoms with Crippen LogP contribution in [0.5, 0.6) is 0 Å². The third-order valence-corrected chi connectivity index (χ3v) is 8.12. The lowest BCUT2D eigenvalue weighted by Crippen LogP contribution is -2.24. The van der Waals surface area contributed by atoms with E-state index in [4.69, 9.17) is 13.1 Å². The Bertz CT molecular complexity index is 2300. The van der Waals surface area contributed by atoms with Gasteiger partial charge in [-0.15, -0.1) is 0 Å². The minimum atomic E-state index is -0.431. The molecule has 5 aromatic carbocycles. The van der Waals surface area contributed by atoms with Crippen LogP contribution in [-0.4, -0.2) is 28.3 Å². The van der Waals surface area contributed by atoms with E-state index in [1.165, 1.54) is 19.2 Å². The van der Waals surface area contributed by atoms with Gasteiger partial charge in [0.15, 0.2) is 11.4 Å². The number of nitrogens with zero attached hydrogens (tertiary/aromatic N) is 6. The van der Waals surface area contributed by atoms with Gasteiger partial charge in [-0.3, -0.25) is 14.5 Å². The van der Waals surface area contributed by atoms with Crippen LogP contribution >= 0.6 is 0 Å². The summed E-state index contributed by atoms with van der Waals surface area (Å²) in [5.74, 6) is -0.830. The monoisotopic (exact) mass is 578 g/mol. The quantitative estimate of drug-likeness (QED) is 0.156. The molecule has 6 aromatic rings. The second-order valence-electron chi connectivity index (χ2n) is 10.6. The van der Waals surface area contributed by atoms with E-state index < -0.39 is 11.8 Å². The van der Waals surface area contributed by atoms with Gasteiger partial charge in [0.1, 0.15) is 0 Å². The predicted molar refractivity (Wildman–Crippen MR) is 170 cm³/mol. The van der Waals surface area contributed by atoms with Crippen molar-refractivity contribution in [2.24, 2.45) is 0 Å². The van der Waals surface area contributed by atoms with Crippen molar-refractivity contribution in [3.63, 3.8) is 0 Å². The largest absolute Gasteiger partial charge is 0.307 e. The Morgan fingerprint density at radius 3 is 1.62 bits per heavy atom. The van der Waals surface area contributed by atoms with Crippen molar-refractivity contribution in [1.82, 2.24) is 9.47 Å². The molecule has 0 atom stereocenters. The van der Waals surface area contributed by atoms with Crippen molar-refractivity contribution in [2.45, 2.75) is 0 Å². The van der Waals surface area contributed by atoms with E-state index in [2.05, 4.69) is 21.8 Å². The van der Waals surface area contributed by atoms with Gasteiger partial charge < -0.3 is 4.57 Å². The van der Waals surface area contributed by atoms with E-state index in [0.717, 1.165) is 15.7 Å². The zero-order valence-electron chi connectivity index (χ0n) is 23.7. The Labute approximate surface area is 257 Å². The molecular weight excluding hydrogens is 560 g/mol. The van der Waals surface area contributed by atoms with Gasteiger partial charge in [-0.25, -0.2) is 9.69 Å². The minimum Gasteiger partial charge on any atom is -0.307 e. The molecule has 2 heterocycles. The fourth-order valence-electron chi connectivity index (χ4n) is 6.18. The number of benzene rings is 5. The van der Waals surface area contributed by atoms with Crippen LogP contribution in [0.3, 0.4) is 0 Å². The van der Waals surface area contributed by atoms with Gasteiger partial charge >= 0.3 is 0 Å². The maximum Gasteiger partial charge on any atom is 0.263 e. The number of carbonyl (C=O) groups is 2. The van der Waals surface area contributed by atoms with Crippen LogP contribution in [0.1, 0.15) is 31.8 Å². The van der Waals surface area contributed by atoms with E-state index in [-0.39, 0.29) is 11.1 Å². The van der Waals surface area contributed by atoms with Crippen molar-refractivity contribution < 1.29 is 9.59 Å². The minimum absolute atomic E-state index is 0.258. The normalized spacial score (nSPS) is 12.1. The van der Waals surface area contributed by atoms with Crippen molar-refractivity contribution in [3.8, 4) is 40.1 Å². The highest BCUT2D eigenvalue weighted by molar-refractivity contribution is 6.24. The Morgan fingerprint density at radius 1 is 0.644 bits per heavy atom. The Morgan fingerprint density at radius 2 is 1.13 bits per heavy atom. The van der Waals surface area contributed by atoms with Gasteiger partial charge in [-0.2, -0.15) is 10.5 Å². The lowest BCUT2D eigenvalue weighted by atomic mass is 9.98. The zero-order valence-corrected chi connectivity index (χ0v) is 23.7. The van der Waals surface area contributed by atoms with Crippen LogP contribution in [0.2, 0.25) is 0 Å². The summed E-state index contributed by atoms with van der Waals surface area (Å²) < 4.78 is 1.95. The number of imide groups is 1. The first kappa shape index (κ1) is 26.9. The Hall–Kier alpha value is -7.00. The summed E-state index contributed by atoms with van der Waals surface area (Å²) in [7, 11) is 1.45. The predicted octanol–water partition coefficient (Wildman–Crippen LogP) is 8.19. The second-order valence-corrected chi connectivity index (χ2v) is 10.6. The number of rotatable bonds is 3. The van der Waals surface area contributed by atoms with E-state index in [1.807, 2.05) is 41.0 Å². The van der Waals surface area contributed by atoms with E-state index >= 15 is 0 Å². The Balaban J connectivity index is 1.71. The summed E-state index contributed by atoms with van der Waals surface area (Å²) in [4.78, 5) is 34.9. The maximum absolute atomic E-state index is 13.6. The summed E-state index contributed by atoms with van der Waals surface area (Å²) in [6.07, 6.45) is 0. The van der Waals surface area contributed by atoms with Gasteiger partial charge in [0.2, 0.25) is 0 Å². The third-order valence-electron chi connectivity index (χ3n) is 8.12. The van der Waals surface area contributed by atoms with Crippen molar-refractivity contribution in [1.29, 1.82) is 10.5 Å². The molecule has 0 aliphatic carbocycles. The number of amides is 2. The number of hydrogen-bond donors (Lipinski definition) is 0. The molecule has 0 unspecified atom stereocenters. The van der Waals surface area contributed by atoms with Gasteiger partial charge in [0.25, 0.3) is 11.8 Å². The molecule has 8 nitrogen and oxygen atoms in total. The summed E-state index contributed by atoms with van der Waals surface area (Å²) >= 11 is 0. The van der Waals surface area contributed by atoms with Gasteiger partial charge in [-0.05, 0) is 59.7 Å². The lowest BCUT2D eigenvalue weighted by Gasteiger charge is -2.16. The smallest absolute Gasteiger partial charge is 0.263 e. The summed E-state index contributed by atoms with van der Waals surface area (Å²) in [5, 5.41) is 21.2. The fraction of sp³-hybridized carbons (Fsp3) is 0.0270. The van der Waals surface area contributed by atoms with E-state index in [1.54, 1.807) is 42.5 Å². The molecule has 1 aliphatic heterocycles. The standard InChI is InChI=1S/C37H18N6O2/c1-40-25-15-21(19-38)13-23(17-25)27-7-4-9-29-30-10-5-8-28(24-14-22(20-39)16-26(18-24)41-2)35(30)43(34(27)29)32-12-6-11-31-33(32)37(45)42(3)36(31)44/h4-18H,3H3. The fourth-order valence-corrected chi connectivity index (χ4v) is 6.18. The number of aromatic nitrogens is 1. The first-order valence-electron chi connectivity index (χ1n) is 13.8. The van der Waals surface area contributed by atoms with Crippen molar-refractivity contribution in [2.75, 3.05) is 7.05 Å². The van der Waals surface area contributed by atoms with Crippen molar-refractivity contribution >= 4 is 45.0 Å². The third kappa shape index (κ3) is 3.96. The summed E-state index contributed by atoms with van der Waals surface area (Å²) in [6, 6.07) is 30.9. The molecule has 0 bridgehead atoms. The second kappa shape index (κ2) is 10.1. The van der Waals surface area contributed by atoms with E-state index in [0.29, 0.717) is 61.5 Å². The SMILES string of the molecule is [C-]#[N+]c1cc(C#N)cc(-c2cccc3c4cccc(-c5cc(C#N)cc([N+]#[C-])c5)c4n(-c4cccc5c4C(=O)N(C)C5=O)c23)c1. The van der Waals surface area contributed by atoms with Crippen LogP contribution in [0, 0.1) is 35.8 Å². The average Bonchev–Trinajstić information content (AvgIpc) is 3.54. The molecule has 0 saturated carbocycles. The molecule has 0 saturated heterocycles. The van der Waals surface area contributed by atoms with Crippen LogP contribution < -0.4 is 0 Å². The molecule has 8 heteroatoms. The molecule has 0 spiro atoms. The Kier molecular flexibility index (Phi) is 6.01.